The van der Waals surface area contributed by atoms with E-state index in [1.54, 1.807) is 6.07 Å². The Labute approximate surface area is 72.2 Å². The molecule has 0 aliphatic rings. The topological polar surface area (TPSA) is 26.3 Å². The van der Waals surface area contributed by atoms with Crippen LogP contribution in [0, 0.1) is 13.8 Å². The smallest absolute Gasteiger partial charge is 0.338 e. The summed E-state index contributed by atoms with van der Waals surface area (Å²) in [5, 5.41) is 0. The van der Waals surface area contributed by atoms with Crippen molar-refractivity contribution in [3.05, 3.63) is 34.9 Å². The number of aryl methyl sites for hydroxylation is 2. The predicted octanol–water partition coefficient (Wildman–Crippen LogP) is 2.09. The summed E-state index contributed by atoms with van der Waals surface area (Å²) >= 11 is 0. The van der Waals surface area contributed by atoms with Crippen molar-refractivity contribution in [3.63, 3.8) is 0 Å². The minimum absolute atomic E-state index is 0.271. The van der Waals surface area contributed by atoms with Crippen molar-refractivity contribution in [2.45, 2.75) is 13.8 Å². The van der Waals surface area contributed by atoms with Gasteiger partial charge < -0.3 is 4.74 Å². The number of carbonyl (C=O) groups excluding carboxylic acids is 1. The Morgan fingerprint density at radius 3 is 2.50 bits per heavy atom. The van der Waals surface area contributed by atoms with Crippen LogP contribution in [0.2, 0.25) is 0 Å². The number of hydrogen-bond acceptors (Lipinski definition) is 2. The van der Waals surface area contributed by atoms with Crippen LogP contribution in [0.1, 0.15) is 21.5 Å². The highest BCUT2D eigenvalue weighted by Crippen LogP contribution is 2.10. The molecule has 0 heterocycles. The van der Waals surface area contributed by atoms with Gasteiger partial charge >= 0.3 is 5.97 Å². The summed E-state index contributed by atoms with van der Waals surface area (Å²) < 4.78 is 4.62. The summed E-state index contributed by atoms with van der Waals surface area (Å²) in [4.78, 5) is 11.1. The highest BCUT2D eigenvalue weighted by Gasteiger charge is 2.07. The van der Waals surface area contributed by atoms with E-state index in [-0.39, 0.29) is 5.97 Å². The number of hydrogen-bond donors (Lipinski definition) is 0. The Balaban J connectivity index is 3.09. The minimum Gasteiger partial charge on any atom is -0.465 e. The van der Waals surface area contributed by atoms with Gasteiger partial charge in [-0.1, -0.05) is 17.7 Å². The Morgan fingerprint density at radius 2 is 2.00 bits per heavy atom. The number of esters is 1. The molecule has 0 amide bonds. The number of ether oxygens (including phenoxy) is 1. The summed E-state index contributed by atoms with van der Waals surface area (Å²) in [5.74, 6) is -0.271. The molecular formula is C10H12O2. The fraction of sp³-hybridized carbons (Fsp3) is 0.300. The maximum absolute atomic E-state index is 11.1. The standard InChI is InChI=1S/C10H12O2/c1-7-4-5-9(8(2)6-7)10(11)12-3/h4-6H,1-3H3. The van der Waals surface area contributed by atoms with Crippen LogP contribution in [0.4, 0.5) is 0 Å². The second kappa shape index (κ2) is 3.39. The molecule has 0 unspecified atom stereocenters. The first-order chi connectivity index (χ1) is 5.65. The molecule has 2 heteroatoms. The lowest BCUT2D eigenvalue weighted by Crippen LogP contribution is -2.03. The normalized spacial score (nSPS) is 9.58. The highest BCUT2D eigenvalue weighted by molar-refractivity contribution is 5.90. The van der Waals surface area contributed by atoms with Crippen LogP contribution >= 0.6 is 0 Å². The van der Waals surface area contributed by atoms with Crippen LogP contribution in [-0.2, 0) is 4.74 Å². The van der Waals surface area contributed by atoms with E-state index in [0.29, 0.717) is 5.56 Å². The van der Waals surface area contributed by atoms with E-state index in [9.17, 15) is 4.79 Å². The number of rotatable bonds is 1. The highest BCUT2D eigenvalue weighted by atomic mass is 16.5. The van der Waals surface area contributed by atoms with Crippen molar-refractivity contribution in [1.29, 1.82) is 0 Å². The summed E-state index contributed by atoms with van der Waals surface area (Å²) in [6.45, 7) is 3.90. The average molecular weight is 164 g/mol. The van der Waals surface area contributed by atoms with Gasteiger partial charge in [-0.05, 0) is 25.5 Å². The molecular weight excluding hydrogens is 152 g/mol. The van der Waals surface area contributed by atoms with E-state index in [4.69, 9.17) is 0 Å². The molecule has 1 aromatic rings. The van der Waals surface area contributed by atoms with Crippen LogP contribution in [-0.4, -0.2) is 13.1 Å². The largest absolute Gasteiger partial charge is 0.465 e. The Morgan fingerprint density at radius 1 is 1.33 bits per heavy atom. The van der Waals surface area contributed by atoms with E-state index >= 15 is 0 Å². The third-order valence-corrected chi connectivity index (χ3v) is 1.79. The maximum Gasteiger partial charge on any atom is 0.338 e. The molecule has 0 N–H and O–H groups in total. The second-order valence-electron chi connectivity index (χ2n) is 2.81. The summed E-state index contributed by atoms with van der Waals surface area (Å²) in [5.41, 5.74) is 2.75. The Hall–Kier alpha value is -1.31. The first kappa shape index (κ1) is 8.78. The first-order valence-corrected chi connectivity index (χ1v) is 3.80. The van der Waals surface area contributed by atoms with Gasteiger partial charge in [0.05, 0.1) is 12.7 Å². The molecule has 0 saturated heterocycles. The zero-order chi connectivity index (χ0) is 9.14. The molecule has 0 atom stereocenters. The number of benzene rings is 1. The third kappa shape index (κ3) is 1.64. The quantitative estimate of drug-likeness (QED) is 0.594. The molecule has 2 nitrogen and oxygen atoms in total. The van der Waals surface area contributed by atoms with Gasteiger partial charge in [-0.15, -0.1) is 0 Å². The van der Waals surface area contributed by atoms with E-state index in [1.807, 2.05) is 26.0 Å². The molecule has 1 aromatic carbocycles. The molecule has 0 spiro atoms. The monoisotopic (exact) mass is 164 g/mol. The number of methoxy groups -OCH3 is 1. The Bertz CT molecular complexity index is 303. The molecule has 0 bridgehead atoms. The van der Waals surface area contributed by atoms with Crippen LogP contribution in [0.25, 0.3) is 0 Å². The summed E-state index contributed by atoms with van der Waals surface area (Å²) in [6, 6.07) is 5.65. The first-order valence-electron chi connectivity index (χ1n) is 3.80. The molecule has 64 valence electrons. The summed E-state index contributed by atoms with van der Waals surface area (Å²) in [7, 11) is 1.39. The fourth-order valence-corrected chi connectivity index (χ4v) is 1.15. The molecule has 0 saturated carbocycles. The number of carbonyl (C=O) groups is 1. The zero-order valence-corrected chi connectivity index (χ0v) is 7.55. The van der Waals surface area contributed by atoms with Crippen molar-refractivity contribution >= 4 is 5.97 Å². The van der Waals surface area contributed by atoms with Gasteiger partial charge in [-0.3, -0.25) is 0 Å². The van der Waals surface area contributed by atoms with Gasteiger partial charge in [0.2, 0.25) is 0 Å². The lowest BCUT2D eigenvalue weighted by Gasteiger charge is -2.03. The van der Waals surface area contributed by atoms with Crippen molar-refractivity contribution in [2.24, 2.45) is 0 Å². The van der Waals surface area contributed by atoms with Gasteiger partial charge in [-0.2, -0.15) is 0 Å². The second-order valence-corrected chi connectivity index (χ2v) is 2.81. The van der Waals surface area contributed by atoms with Crippen LogP contribution in [0.5, 0.6) is 0 Å². The van der Waals surface area contributed by atoms with Crippen LogP contribution in [0.15, 0.2) is 18.2 Å². The predicted molar refractivity (Wildman–Crippen MR) is 47.3 cm³/mol. The molecule has 0 fully saturated rings. The van der Waals surface area contributed by atoms with Gasteiger partial charge in [0.25, 0.3) is 0 Å². The lowest BCUT2D eigenvalue weighted by molar-refractivity contribution is 0.0600. The van der Waals surface area contributed by atoms with Gasteiger partial charge in [-0.25, -0.2) is 4.79 Å². The third-order valence-electron chi connectivity index (χ3n) is 1.79. The zero-order valence-electron chi connectivity index (χ0n) is 7.55. The maximum atomic E-state index is 11.1. The Kier molecular flexibility index (Phi) is 2.48. The van der Waals surface area contributed by atoms with Gasteiger partial charge in [0, 0.05) is 0 Å². The van der Waals surface area contributed by atoms with Gasteiger partial charge in [0.15, 0.2) is 0 Å². The SMILES string of the molecule is COC(=O)c1ccc(C)cc1C. The van der Waals surface area contributed by atoms with E-state index < -0.39 is 0 Å². The van der Waals surface area contributed by atoms with Crippen molar-refractivity contribution in [3.8, 4) is 0 Å². The van der Waals surface area contributed by atoms with Crippen molar-refractivity contribution < 1.29 is 9.53 Å². The van der Waals surface area contributed by atoms with Crippen LogP contribution < -0.4 is 0 Å². The molecule has 0 radical (unpaired) electrons. The molecule has 12 heavy (non-hydrogen) atoms. The minimum atomic E-state index is -0.271. The fourth-order valence-electron chi connectivity index (χ4n) is 1.15. The van der Waals surface area contributed by atoms with Crippen molar-refractivity contribution in [2.75, 3.05) is 7.11 Å². The van der Waals surface area contributed by atoms with Gasteiger partial charge in [0.1, 0.15) is 0 Å². The summed E-state index contributed by atoms with van der Waals surface area (Å²) in [6.07, 6.45) is 0. The molecule has 0 aliphatic carbocycles. The molecule has 0 aliphatic heterocycles. The van der Waals surface area contributed by atoms with Crippen molar-refractivity contribution in [1.82, 2.24) is 0 Å². The van der Waals surface area contributed by atoms with E-state index in [2.05, 4.69) is 4.74 Å². The van der Waals surface area contributed by atoms with E-state index in [0.717, 1.165) is 11.1 Å². The van der Waals surface area contributed by atoms with E-state index in [1.165, 1.54) is 7.11 Å². The lowest BCUT2D eigenvalue weighted by atomic mass is 10.1. The van der Waals surface area contributed by atoms with Crippen LogP contribution in [0.3, 0.4) is 0 Å². The average Bonchev–Trinajstić information content (AvgIpc) is 2.03. The molecule has 1 rings (SSSR count). The molecule has 0 aromatic heterocycles.